The van der Waals surface area contributed by atoms with Crippen molar-refractivity contribution in [1.82, 2.24) is 9.29 Å². The normalized spacial score (nSPS) is 24.1. The third-order valence-electron chi connectivity index (χ3n) is 7.72. The standard InChI is InChI=1S/C28H31FN4O5S/c1-37-26-10-9-24(16-31-26)39(35,36)33-12-11-21-13-25(32-23-7-5-22(29)6-8-23)20(15-30)14-28(21,18-33)27(34)38-17-19-3-2-4-19/h5-10,13,15-16,19H,2-4,11-12,14,17-18,30H2,1H3/t28-/m0/s1. The van der Waals surface area contributed by atoms with Crippen LogP contribution in [0.3, 0.4) is 0 Å². The fourth-order valence-electron chi connectivity index (χ4n) is 5.18. The van der Waals surface area contributed by atoms with Crippen LogP contribution >= 0.6 is 0 Å². The van der Waals surface area contributed by atoms with E-state index in [2.05, 4.69) is 9.98 Å². The molecule has 0 amide bonds. The Hall–Kier alpha value is -3.57. The molecule has 2 aliphatic carbocycles. The molecule has 2 N–H and O–H groups in total. The molecule has 0 unspecified atom stereocenters. The van der Waals surface area contributed by atoms with Gasteiger partial charge in [0.2, 0.25) is 15.9 Å². The van der Waals surface area contributed by atoms with E-state index in [1.54, 1.807) is 18.2 Å². The molecular weight excluding hydrogens is 523 g/mol. The number of esters is 1. The van der Waals surface area contributed by atoms with E-state index in [1.807, 2.05) is 0 Å². The maximum atomic E-state index is 13.8. The molecule has 206 valence electrons. The number of pyridine rings is 1. The van der Waals surface area contributed by atoms with E-state index in [1.165, 1.54) is 48.1 Å². The zero-order valence-electron chi connectivity index (χ0n) is 21.7. The average Bonchev–Trinajstić information content (AvgIpc) is 2.92. The summed E-state index contributed by atoms with van der Waals surface area (Å²) in [6.45, 7) is 0.377. The highest BCUT2D eigenvalue weighted by molar-refractivity contribution is 7.89. The minimum Gasteiger partial charge on any atom is -0.481 e. The van der Waals surface area contributed by atoms with Crippen LogP contribution in [0, 0.1) is 17.2 Å². The van der Waals surface area contributed by atoms with Gasteiger partial charge in [-0.15, -0.1) is 0 Å². The molecule has 11 heteroatoms. The van der Waals surface area contributed by atoms with Crippen molar-refractivity contribution in [3.05, 3.63) is 71.8 Å². The Bertz CT molecular complexity index is 1430. The van der Waals surface area contributed by atoms with Gasteiger partial charge in [-0.3, -0.25) is 4.79 Å². The number of carbonyl (C=O) groups is 1. The third-order valence-corrected chi connectivity index (χ3v) is 9.55. The van der Waals surface area contributed by atoms with Crippen molar-refractivity contribution in [3.63, 3.8) is 0 Å². The molecule has 1 aromatic heterocycles. The van der Waals surface area contributed by atoms with Crippen LogP contribution < -0.4 is 10.5 Å². The van der Waals surface area contributed by atoms with Crippen molar-refractivity contribution in [2.75, 3.05) is 26.8 Å². The number of piperidine rings is 1. The number of nitrogens with zero attached hydrogens (tertiary/aromatic N) is 3. The Morgan fingerprint density at radius 1 is 1.26 bits per heavy atom. The molecule has 0 radical (unpaired) electrons. The van der Waals surface area contributed by atoms with Gasteiger partial charge in [0.25, 0.3) is 0 Å². The van der Waals surface area contributed by atoms with Crippen LogP contribution in [0.25, 0.3) is 0 Å². The van der Waals surface area contributed by atoms with E-state index in [-0.39, 0.29) is 30.2 Å². The SMILES string of the molecule is COc1ccc(S(=O)(=O)N2CCC3=CC(=Nc4ccc(F)cc4)C(=CN)C[C@]3(C(=O)OCC3CCC3)C2)cn1. The van der Waals surface area contributed by atoms with Gasteiger partial charge in [-0.25, -0.2) is 22.8 Å². The van der Waals surface area contributed by atoms with Crippen LogP contribution in [0.15, 0.2) is 75.9 Å². The van der Waals surface area contributed by atoms with Crippen molar-refractivity contribution < 1.29 is 27.1 Å². The van der Waals surface area contributed by atoms with Gasteiger partial charge < -0.3 is 15.2 Å². The van der Waals surface area contributed by atoms with Gasteiger partial charge in [0.1, 0.15) is 16.1 Å². The van der Waals surface area contributed by atoms with E-state index < -0.39 is 21.4 Å². The minimum atomic E-state index is -3.96. The summed E-state index contributed by atoms with van der Waals surface area (Å²) < 4.78 is 52.8. The number of aliphatic imine (C=N–C) groups is 1. The summed E-state index contributed by atoms with van der Waals surface area (Å²) in [5, 5.41) is 0. The number of methoxy groups -OCH3 is 1. The van der Waals surface area contributed by atoms with Crippen molar-refractivity contribution in [2.45, 2.75) is 37.0 Å². The molecule has 1 atom stereocenters. The van der Waals surface area contributed by atoms with Gasteiger partial charge in [-0.2, -0.15) is 4.31 Å². The highest BCUT2D eigenvalue weighted by Crippen LogP contribution is 2.47. The number of nitrogens with two attached hydrogens (primary N) is 1. The Balaban J connectivity index is 1.51. The first-order chi connectivity index (χ1) is 18.7. The molecule has 9 nitrogen and oxygen atoms in total. The van der Waals surface area contributed by atoms with E-state index in [0.29, 0.717) is 41.8 Å². The first kappa shape index (κ1) is 27.0. The summed E-state index contributed by atoms with van der Waals surface area (Å²) in [7, 11) is -2.51. The van der Waals surface area contributed by atoms with Gasteiger partial charge >= 0.3 is 5.97 Å². The number of fused-ring (bicyclic) bond motifs is 1. The lowest BCUT2D eigenvalue weighted by Gasteiger charge is -2.45. The average molecular weight is 555 g/mol. The third kappa shape index (κ3) is 5.33. The first-order valence-electron chi connectivity index (χ1n) is 12.9. The zero-order valence-corrected chi connectivity index (χ0v) is 22.5. The van der Waals surface area contributed by atoms with E-state index >= 15 is 0 Å². The van der Waals surface area contributed by atoms with Crippen molar-refractivity contribution in [3.8, 4) is 5.88 Å². The van der Waals surface area contributed by atoms with Crippen LogP contribution in [-0.2, 0) is 19.6 Å². The number of hydrogen-bond acceptors (Lipinski definition) is 8. The monoisotopic (exact) mass is 554 g/mol. The molecule has 0 bridgehead atoms. The van der Waals surface area contributed by atoms with Crippen LogP contribution in [0.4, 0.5) is 10.1 Å². The number of aromatic nitrogens is 1. The van der Waals surface area contributed by atoms with Gasteiger partial charge in [-0.05, 0) is 85.4 Å². The molecule has 2 heterocycles. The van der Waals surface area contributed by atoms with Gasteiger partial charge in [0, 0.05) is 19.2 Å². The lowest BCUT2D eigenvalue weighted by atomic mass is 9.67. The van der Waals surface area contributed by atoms with E-state index in [9.17, 15) is 17.6 Å². The summed E-state index contributed by atoms with van der Waals surface area (Å²) >= 11 is 0. The molecule has 1 saturated carbocycles. The van der Waals surface area contributed by atoms with Crippen LogP contribution in [-0.4, -0.2) is 56.2 Å². The molecule has 2 fully saturated rings. The highest BCUT2D eigenvalue weighted by Gasteiger charge is 2.52. The summed E-state index contributed by atoms with van der Waals surface area (Å²) in [5.74, 6) is -0.208. The molecule has 39 heavy (non-hydrogen) atoms. The topological polar surface area (TPSA) is 124 Å². The van der Waals surface area contributed by atoms with Crippen molar-refractivity contribution in [1.29, 1.82) is 0 Å². The number of allylic oxidation sites excluding steroid dienone is 2. The number of sulfonamides is 1. The molecule has 1 aromatic carbocycles. The fraction of sp³-hybridized carbons (Fsp3) is 0.393. The lowest BCUT2D eigenvalue weighted by Crippen LogP contribution is -2.53. The molecule has 1 saturated heterocycles. The van der Waals surface area contributed by atoms with Gasteiger partial charge in [-0.1, -0.05) is 6.42 Å². The smallest absolute Gasteiger partial charge is 0.317 e. The summed E-state index contributed by atoms with van der Waals surface area (Å²) in [6, 6.07) is 8.68. The second kappa shape index (κ2) is 10.9. The molecule has 5 rings (SSSR count). The summed E-state index contributed by atoms with van der Waals surface area (Å²) in [4.78, 5) is 22.5. The first-order valence-corrected chi connectivity index (χ1v) is 14.3. The Kier molecular flexibility index (Phi) is 7.55. The zero-order chi connectivity index (χ0) is 27.6. The quantitative estimate of drug-likeness (QED) is 0.515. The van der Waals surface area contributed by atoms with Gasteiger partial charge in [0.05, 0.1) is 31.3 Å². The Labute approximate surface area is 227 Å². The fourth-order valence-corrected chi connectivity index (χ4v) is 6.62. The predicted octanol–water partition coefficient (Wildman–Crippen LogP) is 3.90. The maximum Gasteiger partial charge on any atom is 0.317 e. The molecule has 0 spiro atoms. The molecule has 1 aliphatic heterocycles. The van der Waals surface area contributed by atoms with E-state index in [4.69, 9.17) is 15.2 Å². The maximum absolute atomic E-state index is 13.8. The minimum absolute atomic E-state index is 0.0117. The van der Waals surface area contributed by atoms with Crippen LogP contribution in [0.5, 0.6) is 5.88 Å². The van der Waals surface area contributed by atoms with Crippen molar-refractivity contribution >= 4 is 27.4 Å². The largest absolute Gasteiger partial charge is 0.481 e. The van der Waals surface area contributed by atoms with Gasteiger partial charge in [0.15, 0.2) is 0 Å². The van der Waals surface area contributed by atoms with E-state index in [0.717, 1.165) is 24.8 Å². The number of hydrogen-bond donors (Lipinski definition) is 1. The van der Waals surface area contributed by atoms with Crippen LogP contribution in [0.2, 0.25) is 0 Å². The number of rotatable bonds is 7. The predicted molar refractivity (Wildman–Crippen MR) is 143 cm³/mol. The molecular formula is C28H31FN4O5S. The number of carbonyl (C=O) groups excluding carboxylic acids is 1. The second-order valence-corrected chi connectivity index (χ2v) is 12.1. The second-order valence-electron chi connectivity index (χ2n) is 10.1. The lowest BCUT2D eigenvalue weighted by molar-refractivity contribution is -0.157. The number of benzene rings is 1. The molecule has 3 aliphatic rings. The number of ether oxygens (including phenoxy) is 2. The Morgan fingerprint density at radius 2 is 2.03 bits per heavy atom. The van der Waals surface area contributed by atoms with Crippen LogP contribution in [0.1, 0.15) is 32.1 Å². The highest BCUT2D eigenvalue weighted by atomic mass is 32.2. The molecule has 2 aromatic rings. The summed E-state index contributed by atoms with van der Waals surface area (Å²) in [6.07, 6.45) is 8.01. The number of halogens is 1. The van der Waals surface area contributed by atoms with Crippen molar-refractivity contribution in [2.24, 2.45) is 22.1 Å². The summed E-state index contributed by atoms with van der Waals surface area (Å²) in [5.41, 5.74) is 7.17. The Morgan fingerprint density at radius 3 is 2.64 bits per heavy atom.